The molecule has 3 aliphatic rings. The number of methoxy groups -OCH3 is 3. The first-order valence-corrected chi connectivity index (χ1v) is 11.8. The number of nitrogens with one attached hydrogen (secondary N) is 1. The fraction of sp³-hybridized carbons (Fsp3) is 0.423. The van der Waals surface area contributed by atoms with Crippen molar-refractivity contribution in [3.8, 4) is 23.0 Å². The number of hydrogen-bond acceptors (Lipinski definition) is 9. The topological polar surface area (TPSA) is 113 Å². The van der Waals surface area contributed by atoms with Crippen molar-refractivity contribution in [2.75, 3.05) is 33.0 Å². The van der Waals surface area contributed by atoms with E-state index >= 15 is 0 Å². The molecule has 0 aliphatic carbocycles. The summed E-state index contributed by atoms with van der Waals surface area (Å²) in [5.41, 5.74) is -0.384. The van der Waals surface area contributed by atoms with Crippen LogP contribution in [0.1, 0.15) is 31.4 Å². The van der Waals surface area contributed by atoms with Gasteiger partial charge in [0.25, 0.3) is 0 Å². The summed E-state index contributed by atoms with van der Waals surface area (Å²) in [6, 6.07) is 9.47. The average molecular weight is 497 g/mol. The number of imide groups is 1. The van der Waals surface area contributed by atoms with Crippen LogP contribution < -0.4 is 29.2 Å². The van der Waals surface area contributed by atoms with Crippen LogP contribution in [-0.2, 0) is 19.1 Å². The lowest BCUT2D eigenvalue weighted by atomic mass is 9.77. The van der Waals surface area contributed by atoms with Gasteiger partial charge < -0.3 is 23.7 Å². The lowest BCUT2D eigenvalue weighted by Crippen LogP contribution is -2.56. The number of amides is 2. The third kappa shape index (κ3) is 3.39. The molecule has 36 heavy (non-hydrogen) atoms. The van der Waals surface area contributed by atoms with Crippen molar-refractivity contribution in [1.29, 1.82) is 0 Å². The lowest BCUT2D eigenvalue weighted by Gasteiger charge is -2.32. The summed E-state index contributed by atoms with van der Waals surface area (Å²) in [5, 5.41) is 3.35. The summed E-state index contributed by atoms with van der Waals surface area (Å²) >= 11 is 0. The van der Waals surface area contributed by atoms with Crippen LogP contribution in [0.3, 0.4) is 0 Å². The number of nitrogens with zero attached hydrogens (tertiary/aromatic N) is 1. The van der Waals surface area contributed by atoms with Crippen molar-refractivity contribution in [3.63, 3.8) is 0 Å². The van der Waals surface area contributed by atoms with Gasteiger partial charge in [0.15, 0.2) is 11.5 Å². The molecule has 2 aromatic carbocycles. The lowest BCUT2D eigenvalue weighted by molar-refractivity contribution is -0.152. The zero-order valence-electron chi connectivity index (χ0n) is 20.5. The van der Waals surface area contributed by atoms with E-state index in [0.29, 0.717) is 47.1 Å². The third-order valence-corrected chi connectivity index (χ3v) is 7.24. The molecule has 3 aliphatic heterocycles. The second kappa shape index (κ2) is 9.02. The van der Waals surface area contributed by atoms with Gasteiger partial charge in [0.1, 0.15) is 17.0 Å². The number of hydrogen-bond donors (Lipinski definition) is 1. The van der Waals surface area contributed by atoms with Crippen LogP contribution in [0.5, 0.6) is 23.0 Å². The fourth-order valence-electron chi connectivity index (χ4n) is 5.72. The summed E-state index contributed by atoms with van der Waals surface area (Å²) in [6.07, 6.45) is 0.896. The van der Waals surface area contributed by atoms with Gasteiger partial charge in [0.05, 0.1) is 38.9 Å². The fourth-order valence-corrected chi connectivity index (χ4v) is 5.72. The molecule has 190 valence electrons. The first kappa shape index (κ1) is 23.9. The van der Waals surface area contributed by atoms with Crippen LogP contribution in [-0.4, -0.2) is 51.4 Å². The first-order chi connectivity index (χ1) is 17.4. The predicted molar refractivity (Wildman–Crippen MR) is 127 cm³/mol. The molecule has 0 bridgehead atoms. The summed E-state index contributed by atoms with van der Waals surface area (Å²) in [4.78, 5) is 42.4. The van der Waals surface area contributed by atoms with Crippen molar-refractivity contribution in [1.82, 2.24) is 5.32 Å². The molecule has 5 rings (SSSR count). The Morgan fingerprint density at radius 1 is 1.06 bits per heavy atom. The van der Waals surface area contributed by atoms with E-state index in [1.165, 1.54) is 14.2 Å². The Bertz CT molecular complexity index is 1230. The Labute approximate surface area is 208 Å². The van der Waals surface area contributed by atoms with E-state index in [4.69, 9.17) is 23.7 Å². The molecule has 0 unspecified atom stereocenters. The quantitative estimate of drug-likeness (QED) is 0.457. The number of carbonyl (C=O) groups excluding carboxylic acids is 3. The van der Waals surface area contributed by atoms with Crippen molar-refractivity contribution in [2.24, 2.45) is 11.8 Å². The molecule has 10 nitrogen and oxygen atoms in total. The largest absolute Gasteiger partial charge is 0.497 e. The van der Waals surface area contributed by atoms with E-state index in [0.717, 1.165) is 4.90 Å². The Balaban J connectivity index is 1.65. The van der Waals surface area contributed by atoms with Crippen LogP contribution in [0.15, 0.2) is 36.4 Å². The van der Waals surface area contributed by atoms with Gasteiger partial charge in [0.2, 0.25) is 18.6 Å². The summed E-state index contributed by atoms with van der Waals surface area (Å²) in [7, 11) is 4.35. The van der Waals surface area contributed by atoms with Gasteiger partial charge in [-0.2, -0.15) is 0 Å². The maximum Gasteiger partial charge on any atom is 0.326 e. The summed E-state index contributed by atoms with van der Waals surface area (Å²) in [6.45, 7) is 1.98. The van der Waals surface area contributed by atoms with Crippen LogP contribution in [0, 0.1) is 11.8 Å². The zero-order chi connectivity index (χ0) is 25.6. The number of carbonyl (C=O) groups is 3. The molecule has 2 aromatic rings. The van der Waals surface area contributed by atoms with Gasteiger partial charge in [-0.15, -0.1) is 0 Å². The van der Waals surface area contributed by atoms with E-state index in [1.807, 2.05) is 6.92 Å². The number of benzene rings is 2. The van der Waals surface area contributed by atoms with Gasteiger partial charge in [0, 0.05) is 23.7 Å². The Morgan fingerprint density at radius 2 is 1.83 bits per heavy atom. The Hall–Kier alpha value is -3.79. The number of rotatable bonds is 7. The smallest absolute Gasteiger partial charge is 0.326 e. The minimum Gasteiger partial charge on any atom is -0.497 e. The minimum atomic E-state index is -1.39. The molecular formula is C26H28N2O8. The highest BCUT2D eigenvalue weighted by Gasteiger charge is 2.68. The minimum absolute atomic E-state index is 0.0666. The number of ether oxygens (including phenoxy) is 5. The van der Waals surface area contributed by atoms with Crippen molar-refractivity contribution < 1.29 is 38.1 Å². The van der Waals surface area contributed by atoms with Crippen molar-refractivity contribution in [2.45, 2.75) is 31.3 Å². The van der Waals surface area contributed by atoms with Crippen LogP contribution in [0.4, 0.5) is 5.69 Å². The molecule has 0 aromatic heterocycles. The number of anilines is 1. The Morgan fingerprint density at radius 3 is 2.53 bits per heavy atom. The summed E-state index contributed by atoms with van der Waals surface area (Å²) < 4.78 is 26.9. The molecular weight excluding hydrogens is 468 g/mol. The molecule has 2 fully saturated rings. The van der Waals surface area contributed by atoms with Crippen LogP contribution in [0.25, 0.3) is 0 Å². The zero-order valence-corrected chi connectivity index (χ0v) is 20.5. The predicted octanol–water partition coefficient (Wildman–Crippen LogP) is 2.59. The SMILES string of the molecule is CCC[C@@]1(C(=O)OC)N[C@@H](c2ccc(OC)cc2OC)[C@H]2C(=O)N(c3ccc4c(c3)OCO4)C(=O)[C@@H]21. The maximum absolute atomic E-state index is 14.0. The monoisotopic (exact) mass is 496 g/mol. The van der Waals surface area contributed by atoms with Crippen LogP contribution >= 0.6 is 0 Å². The van der Waals surface area contributed by atoms with E-state index in [1.54, 1.807) is 43.5 Å². The highest BCUT2D eigenvalue weighted by Crippen LogP contribution is 2.53. The van der Waals surface area contributed by atoms with E-state index in [-0.39, 0.29) is 6.79 Å². The second-order valence-corrected chi connectivity index (χ2v) is 9.00. The maximum atomic E-state index is 14.0. The second-order valence-electron chi connectivity index (χ2n) is 9.00. The van der Waals surface area contributed by atoms with E-state index in [2.05, 4.69) is 5.32 Å². The highest BCUT2D eigenvalue weighted by atomic mass is 16.7. The first-order valence-electron chi connectivity index (χ1n) is 11.8. The molecule has 10 heteroatoms. The van der Waals surface area contributed by atoms with Gasteiger partial charge in [-0.3, -0.25) is 19.7 Å². The molecule has 0 spiro atoms. The molecule has 0 radical (unpaired) electrons. The standard InChI is InChI=1S/C26H28N2O8/c1-5-10-26(25(31)34-4)21-20(22(27-26)16-8-7-15(32-2)12-18(16)33-3)23(29)28(24(21)30)14-6-9-17-19(11-14)36-13-35-17/h6-9,11-12,20-22,27H,5,10,13H2,1-4H3/t20-,21+,22-,26+/m0/s1. The highest BCUT2D eigenvalue weighted by molar-refractivity contribution is 6.24. The van der Waals surface area contributed by atoms with Gasteiger partial charge in [-0.05, 0) is 24.6 Å². The van der Waals surface area contributed by atoms with Crippen molar-refractivity contribution >= 4 is 23.5 Å². The van der Waals surface area contributed by atoms with Gasteiger partial charge >= 0.3 is 5.97 Å². The number of esters is 1. The molecule has 2 saturated heterocycles. The number of fused-ring (bicyclic) bond motifs is 2. The molecule has 2 amide bonds. The summed E-state index contributed by atoms with van der Waals surface area (Å²) in [5.74, 6) is -1.26. The van der Waals surface area contributed by atoms with Crippen molar-refractivity contribution in [3.05, 3.63) is 42.0 Å². The normalized spacial score (nSPS) is 26.2. The van der Waals surface area contributed by atoms with Gasteiger partial charge in [-0.1, -0.05) is 19.4 Å². The average Bonchev–Trinajstić information content (AvgIpc) is 3.57. The van der Waals surface area contributed by atoms with E-state index < -0.39 is 41.2 Å². The molecule has 3 heterocycles. The van der Waals surface area contributed by atoms with E-state index in [9.17, 15) is 14.4 Å². The molecule has 4 atom stereocenters. The van der Waals surface area contributed by atoms with Gasteiger partial charge in [-0.25, -0.2) is 4.90 Å². The molecule has 0 saturated carbocycles. The molecule has 1 N–H and O–H groups in total. The third-order valence-electron chi connectivity index (χ3n) is 7.24. The van der Waals surface area contributed by atoms with Crippen LogP contribution in [0.2, 0.25) is 0 Å². The Kier molecular flexibility index (Phi) is 5.99.